The van der Waals surface area contributed by atoms with Gasteiger partial charge >= 0.3 is 0 Å². The summed E-state index contributed by atoms with van der Waals surface area (Å²) in [5, 5.41) is 3.10. The molecule has 0 unspecified atom stereocenters. The summed E-state index contributed by atoms with van der Waals surface area (Å²) in [6.45, 7) is 9.56. The molecule has 1 heterocycles. The number of hydrogen-bond acceptors (Lipinski definition) is 3. The molecule has 0 radical (unpaired) electrons. The number of nitrogens with zero attached hydrogens (tertiary/aromatic N) is 2. The summed E-state index contributed by atoms with van der Waals surface area (Å²) in [5.74, 6) is 0.467. The average molecular weight is 378 g/mol. The van der Waals surface area contributed by atoms with Crippen LogP contribution in [0.5, 0.6) is 0 Å². The first-order valence-corrected chi connectivity index (χ1v) is 10.2. The molecule has 0 atom stereocenters. The Bertz CT molecular complexity index is 777. The fourth-order valence-corrected chi connectivity index (χ4v) is 3.54. The van der Waals surface area contributed by atoms with Crippen LogP contribution in [0.2, 0.25) is 0 Å². The average Bonchev–Trinajstić information content (AvgIpc) is 2.70. The minimum Gasteiger partial charge on any atom is -0.325 e. The molecule has 1 N–H and O–H groups in total. The highest BCUT2D eigenvalue weighted by Gasteiger charge is 2.18. The van der Waals surface area contributed by atoms with E-state index >= 15 is 0 Å². The minimum atomic E-state index is 0.0746. The number of benzene rings is 2. The predicted molar refractivity (Wildman–Crippen MR) is 118 cm³/mol. The van der Waals surface area contributed by atoms with Gasteiger partial charge in [-0.3, -0.25) is 14.6 Å². The number of rotatable bonds is 7. The van der Waals surface area contributed by atoms with Crippen molar-refractivity contribution in [2.24, 2.45) is 0 Å². The lowest BCUT2D eigenvalue weighted by atomic mass is 10.0. The smallest absolute Gasteiger partial charge is 0.238 e. The second-order valence-electron chi connectivity index (χ2n) is 7.68. The second kappa shape index (κ2) is 10.2. The minimum absolute atomic E-state index is 0.0746. The molecule has 0 aromatic heterocycles. The van der Waals surface area contributed by atoms with Crippen molar-refractivity contribution in [3.63, 3.8) is 0 Å². The standard InChI is InChI=1S/C24H31N3O/c1-20(2)22-12-6-7-13-23(22)25-24(28)19-27-17-15-26(16-18-27)14-8-11-21-9-4-3-5-10-21/h3-13,20H,14-19H2,1-2H3,(H,25,28)/b11-8+. The number of anilines is 1. The molecule has 1 aliphatic heterocycles. The van der Waals surface area contributed by atoms with E-state index in [-0.39, 0.29) is 5.91 Å². The van der Waals surface area contributed by atoms with Crippen LogP contribution in [0, 0.1) is 0 Å². The molecule has 0 saturated carbocycles. The summed E-state index contributed by atoms with van der Waals surface area (Å²) in [7, 11) is 0. The summed E-state index contributed by atoms with van der Waals surface area (Å²) in [6, 6.07) is 18.5. The summed E-state index contributed by atoms with van der Waals surface area (Å²) in [5.41, 5.74) is 3.36. The highest BCUT2D eigenvalue weighted by Crippen LogP contribution is 2.23. The SMILES string of the molecule is CC(C)c1ccccc1NC(=O)CN1CCN(C/C=C/c2ccccc2)CC1. The Labute approximate surface area is 168 Å². The van der Waals surface area contributed by atoms with Crippen molar-refractivity contribution in [2.75, 3.05) is 44.6 Å². The van der Waals surface area contributed by atoms with Gasteiger partial charge in [-0.25, -0.2) is 0 Å². The predicted octanol–water partition coefficient (Wildman–Crippen LogP) is 4.08. The lowest BCUT2D eigenvalue weighted by Crippen LogP contribution is -2.48. The Hall–Kier alpha value is -2.43. The van der Waals surface area contributed by atoms with Crippen molar-refractivity contribution in [3.8, 4) is 0 Å². The molecule has 1 fully saturated rings. The van der Waals surface area contributed by atoms with Crippen molar-refractivity contribution < 1.29 is 4.79 Å². The fraction of sp³-hybridized carbons (Fsp3) is 0.375. The third kappa shape index (κ3) is 6.04. The Morgan fingerprint density at radius 3 is 2.32 bits per heavy atom. The highest BCUT2D eigenvalue weighted by molar-refractivity contribution is 5.93. The molecule has 2 aromatic carbocycles. The molecule has 1 amide bonds. The Morgan fingerprint density at radius 1 is 0.964 bits per heavy atom. The Morgan fingerprint density at radius 2 is 1.61 bits per heavy atom. The molecule has 4 heteroatoms. The maximum absolute atomic E-state index is 12.5. The van der Waals surface area contributed by atoms with Gasteiger partial charge in [-0.2, -0.15) is 0 Å². The molecule has 28 heavy (non-hydrogen) atoms. The van der Waals surface area contributed by atoms with Crippen LogP contribution < -0.4 is 5.32 Å². The zero-order valence-corrected chi connectivity index (χ0v) is 17.0. The van der Waals surface area contributed by atoms with E-state index in [4.69, 9.17) is 0 Å². The van der Waals surface area contributed by atoms with Gasteiger partial charge in [0.1, 0.15) is 0 Å². The second-order valence-corrected chi connectivity index (χ2v) is 7.68. The third-order valence-corrected chi connectivity index (χ3v) is 5.16. The first kappa shape index (κ1) is 20.3. The lowest BCUT2D eigenvalue weighted by molar-refractivity contribution is -0.117. The quantitative estimate of drug-likeness (QED) is 0.790. The van der Waals surface area contributed by atoms with E-state index < -0.39 is 0 Å². The summed E-state index contributed by atoms with van der Waals surface area (Å²) in [4.78, 5) is 17.2. The molecule has 2 aromatic rings. The van der Waals surface area contributed by atoms with Crippen LogP contribution in [0.3, 0.4) is 0 Å². The van der Waals surface area contributed by atoms with Gasteiger partial charge in [-0.1, -0.05) is 74.5 Å². The van der Waals surface area contributed by atoms with Crippen LogP contribution in [0.15, 0.2) is 60.7 Å². The van der Waals surface area contributed by atoms with E-state index in [0.29, 0.717) is 12.5 Å². The van der Waals surface area contributed by atoms with Gasteiger partial charge in [0.25, 0.3) is 0 Å². The number of piperazine rings is 1. The lowest BCUT2D eigenvalue weighted by Gasteiger charge is -2.33. The van der Waals surface area contributed by atoms with Gasteiger partial charge in [0, 0.05) is 38.4 Å². The first-order chi connectivity index (χ1) is 13.6. The van der Waals surface area contributed by atoms with Crippen molar-refractivity contribution in [2.45, 2.75) is 19.8 Å². The van der Waals surface area contributed by atoms with Gasteiger partial charge in [-0.05, 0) is 23.1 Å². The van der Waals surface area contributed by atoms with E-state index in [2.05, 4.69) is 71.4 Å². The molecule has 4 nitrogen and oxygen atoms in total. The fourth-order valence-electron chi connectivity index (χ4n) is 3.54. The van der Waals surface area contributed by atoms with E-state index in [1.807, 2.05) is 24.3 Å². The molecule has 3 rings (SSSR count). The van der Waals surface area contributed by atoms with Crippen LogP contribution in [-0.2, 0) is 4.79 Å². The normalized spacial score (nSPS) is 16.0. The monoisotopic (exact) mass is 377 g/mol. The van der Waals surface area contributed by atoms with Gasteiger partial charge in [0.05, 0.1) is 6.54 Å². The number of hydrogen-bond donors (Lipinski definition) is 1. The van der Waals surface area contributed by atoms with E-state index in [0.717, 1.165) is 38.4 Å². The van der Waals surface area contributed by atoms with E-state index in [9.17, 15) is 4.79 Å². The number of carbonyl (C=O) groups excluding carboxylic acids is 1. The summed E-state index contributed by atoms with van der Waals surface area (Å²) < 4.78 is 0. The van der Waals surface area contributed by atoms with E-state index in [1.54, 1.807) is 0 Å². The number of amides is 1. The molecule has 1 saturated heterocycles. The first-order valence-electron chi connectivity index (χ1n) is 10.2. The van der Waals surface area contributed by atoms with Crippen LogP contribution >= 0.6 is 0 Å². The molecule has 0 bridgehead atoms. The molecular formula is C24H31N3O. The molecule has 148 valence electrons. The van der Waals surface area contributed by atoms with Crippen LogP contribution in [-0.4, -0.2) is 55.0 Å². The molecule has 0 aliphatic carbocycles. The van der Waals surface area contributed by atoms with Crippen LogP contribution in [0.25, 0.3) is 6.08 Å². The zero-order chi connectivity index (χ0) is 19.8. The topological polar surface area (TPSA) is 35.6 Å². The number of para-hydroxylation sites is 1. The molecule has 0 spiro atoms. The van der Waals surface area contributed by atoms with Crippen molar-refractivity contribution in [3.05, 3.63) is 71.8 Å². The van der Waals surface area contributed by atoms with Crippen LogP contribution in [0.1, 0.15) is 30.9 Å². The van der Waals surface area contributed by atoms with E-state index in [1.165, 1.54) is 11.1 Å². The van der Waals surface area contributed by atoms with Gasteiger partial charge in [0.15, 0.2) is 0 Å². The summed E-state index contributed by atoms with van der Waals surface area (Å²) >= 11 is 0. The highest BCUT2D eigenvalue weighted by atomic mass is 16.2. The summed E-state index contributed by atoms with van der Waals surface area (Å²) in [6.07, 6.45) is 4.40. The Balaban J connectivity index is 1.42. The van der Waals surface area contributed by atoms with Gasteiger partial charge < -0.3 is 5.32 Å². The van der Waals surface area contributed by atoms with Crippen molar-refractivity contribution >= 4 is 17.7 Å². The Kier molecular flexibility index (Phi) is 7.40. The largest absolute Gasteiger partial charge is 0.325 e. The number of nitrogens with one attached hydrogen (secondary N) is 1. The molecular weight excluding hydrogens is 346 g/mol. The zero-order valence-electron chi connectivity index (χ0n) is 17.0. The van der Waals surface area contributed by atoms with Gasteiger partial charge in [-0.15, -0.1) is 0 Å². The molecule has 1 aliphatic rings. The maximum atomic E-state index is 12.5. The van der Waals surface area contributed by atoms with Crippen LogP contribution in [0.4, 0.5) is 5.69 Å². The third-order valence-electron chi connectivity index (χ3n) is 5.16. The van der Waals surface area contributed by atoms with Crippen molar-refractivity contribution in [1.29, 1.82) is 0 Å². The maximum Gasteiger partial charge on any atom is 0.238 e. The number of carbonyl (C=O) groups is 1. The van der Waals surface area contributed by atoms with Crippen molar-refractivity contribution in [1.82, 2.24) is 9.80 Å². The van der Waals surface area contributed by atoms with Gasteiger partial charge in [0.2, 0.25) is 5.91 Å².